The molecule has 12 heteroatoms. The van der Waals surface area contributed by atoms with Gasteiger partial charge in [-0.1, -0.05) is 24.3 Å². The van der Waals surface area contributed by atoms with Gasteiger partial charge in [0.25, 0.3) is 0 Å². The van der Waals surface area contributed by atoms with Crippen LogP contribution in [-0.4, -0.2) is 48.4 Å². The maximum atomic E-state index is 13.7. The zero-order valence-electron chi connectivity index (χ0n) is 25.2. The summed E-state index contributed by atoms with van der Waals surface area (Å²) in [6.45, 7) is 9.24. The van der Waals surface area contributed by atoms with E-state index in [1.807, 2.05) is 31.2 Å². The highest BCUT2D eigenvalue weighted by Gasteiger charge is 2.49. The van der Waals surface area contributed by atoms with Crippen molar-refractivity contribution < 1.29 is 50.1 Å². The van der Waals surface area contributed by atoms with Gasteiger partial charge in [0.15, 0.2) is 6.10 Å². The maximum absolute atomic E-state index is 13.7. The van der Waals surface area contributed by atoms with Gasteiger partial charge in [0.05, 0.1) is 23.8 Å². The number of hydrogen-bond donors (Lipinski definition) is 0. The third-order valence-corrected chi connectivity index (χ3v) is 8.10. The van der Waals surface area contributed by atoms with Crippen LogP contribution in [0.5, 0.6) is 0 Å². The second kappa shape index (κ2) is 12.6. The number of carbonyl (C=O) groups excluding carboxylic acids is 2. The van der Waals surface area contributed by atoms with Crippen LogP contribution in [0.15, 0.2) is 42.5 Å². The molecular formula is C32H37F6NO5. The fourth-order valence-electron chi connectivity index (χ4n) is 6.26. The van der Waals surface area contributed by atoms with Crippen molar-refractivity contribution in [3.63, 3.8) is 0 Å². The molecule has 0 aromatic heterocycles. The van der Waals surface area contributed by atoms with Crippen LogP contribution in [0.3, 0.4) is 0 Å². The van der Waals surface area contributed by atoms with E-state index in [2.05, 4.69) is 0 Å². The monoisotopic (exact) mass is 629 g/mol. The summed E-state index contributed by atoms with van der Waals surface area (Å²) in [5.74, 6) is -1.64. The molecule has 6 nitrogen and oxygen atoms in total. The number of fused-ring (bicyclic) bond motifs is 1. The molecule has 0 radical (unpaired) electrons. The fourth-order valence-corrected chi connectivity index (χ4v) is 6.26. The third kappa shape index (κ3) is 7.68. The zero-order valence-corrected chi connectivity index (χ0v) is 25.2. The number of ether oxygens (including phenoxy) is 3. The first kappa shape index (κ1) is 33.6. The summed E-state index contributed by atoms with van der Waals surface area (Å²) in [5, 5.41) is 0. The van der Waals surface area contributed by atoms with Crippen molar-refractivity contribution in [3.8, 4) is 0 Å². The minimum atomic E-state index is -5.11. The number of hydrogen-bond acceptors (Lipinski definition) is 5. The SMILES string of the molecule is CCOC(=O)C(O[C@H]1CC[C@@H]2CN(C(=O)OC(C)(C)C)C[C@H]2[C@@H]1c1ccccc1C)c1cc(C(F)(F)F)cc(C(F)(F)F)c1. The number of rotatable bonds is 6. The fraction of sp³-hybridized carbons (Fsp3) is 0.562. The molecular weight excluding hydrogens is 592 g/mol. The Labute approximate surface area is 252 Å². The van der Waals surface area contributed by atoms with Crippen molar-refractivity contribution in [2.75, 3.05) is 19.7 Å². The van der Waals surface area contributed by atoms with E-state index < -0.39 is 64.8 Å². The number of aryl methyl sites for hydroxylation is 1. The predicted octanol–water partition coefficient (Wildman–Crippen LogP) is 8.08. The highest BCUT2D eigenvalue weighted by Crippen LogP contribution is 2.49. The number of esters is 1. The number of benzene rings is 2. The standard InChI is InChI=1S/C32H37F6NO5/c1-6-42-28(40)27(20-13-21(31(33,34)35)15-22(14-20)32(36,37)38)43-25-12-11-19-16-39(29(41)44-30(3,4)5)17-24(19)26(25)23-10-8-7-9-18(23)2/h7-10,13-15,19,24-27H,6,11-12,16-17H2,1-5H3/t19-,24-,25+,26+,27?/m1/s1. The zero-order chi connectivity index (χ0) is 32.6. The minimum Gasteiger partial charge on any atom is -0.464 e. The number of carbonyl (C=O) groups is 2. The van der Waals surface area contributed by atoms with E-state index in [9.17, 15) is 35.9 Å². The van der Waals surface area contributed by atoms with Gasteiger partial charge < -0.3 is 19.1 Å². The lowest BCUT2D eigenvalue weighted by molar-refractivity contribution is -0.165. The molecule has 0 N–H and O–H groups in total. The minimum absolute atomic E-state index is 0.0108. The summed E-state index contributed by atoms with van der Waals surface area (Å²) in [6, 6.07) is 8.48. The van der Waals surface area contributed by atoms with Crippen LogP contribution in [0.2, 0.25) is 0 Å². The summed E-state index contributed by atoms with van der Waals surface area (Å²) in [5.41, 5.74) is -2.65. The van der Waals surface area contributed by atoms with Crippen LogP contribution >= 0.6 is 0 Å². The van der Waals surface area contributed by atoms with Gasteiger partial charge >= 0.3 is 24.4 Å². The van der Waals surface area contributed by atoms with Crippen LogP contribution in [0.1, 0.15) is 80.4 Å². The average molecular weight is 630 g/mol. The lowest BCUT2D eigenvalue weighted by Gasteiger charge is -2.41. The van der Waals surface area contributed by atoms with E-state index in [0.717, 1.165) is 11.1 Å². The van der Waals surface area contributed by atoms with Crippen molar-refractivity contribution in [2.45, 2.75) is 83.5 Å². The molecule has 1 saturated heterocycles. The summed E-state index contributed by atoms with van der Waals surface area (Å²) < 4.78 is 99.3. The van der Waals surface area contributed by atoms with Crippen LogP contribution in [0.4, 0.5) is 31.1 Å². The van der Waals surface area contributed by atoms with Crippen molar-refractivity contribution >= 4 is 12.1 Å². The molecule has 1 unspecified atom stereocenters. The number of halogens is 6. The molecule has 2 fully saturated rings. The Morgan fingerprint density at radius 3 is 2.09 bits per heavy atom. The lowest BCUT2D eigenvalue weighted by Crippen LogP contribution is -2.40. The van der Waals surface area contributed by atoms with E-state index in [-0.39, 0.29) is 24.5 Å². The molecule has 1 saturated carbocycles. The van der Waals surface area contributed by atoms with Crippen molar-refractivity contribution in [3.05, 3.63) is 70.3 Å². The largest absolute Gasteiger partial charge is 0.464 e. The first-order valence-electron chi connectivity index (χ1n) is 14.5. The second-order valence-corrected chi connectivity index (χ2v) is 12.4. The van der Waals surface area contributed by atoms with Crippen LogP contribution in [-0.2, 0) is 31.4 Å². The molecule has 0 spiro atoms. The Kier molecular flexibility index (Phi) is 9.63. The van der Waals surface area contributed by atoms with Crippen LogP contribution in [0, 0.1) is 18.8 Å². The van der Waals surface area contributed by atoms with Gasteiger partial charge in [-0.15, -0.1) is 0 Å². The highest BCUT2D eigenvalue weighted by atomic mass is 19.4. The molecule has 1 aliphatic heterocycles. The third-order valence-electron chi connectivity index (χ3n) is 8.10. The van der Waals surface area contributed by atoms with E-state index in [0.29, 0.717) is 38.1 Å². The Balaban J connectivity index is 1.76. The maximum Gasteiger partial charge on any atom is 0.416 e. The van der Waals surface area contributed by atoms with Crippen molar-refractivity contribution in [2.24, 2.45) is 11.8 Å². The molecule has 5 atom stereocenters. The normalized spacial score (nSPS) is 23.2. The number of likely N-dealkylation sites (tertiary alicyclic amines) is 1. The van der Waals surface area contributed by atoms with Gasteiger partial charge in [0.1, 0.15) is 5.60 Å². The molecule has 2 aromatic rings. The van der Waals surface area contributed by atoms with Gasteiger partial charge in [0.2, 0.25) is 0 Å². The van der Waals surface area contributed by atoms with Crippen molar-refractivity contribution in [1.82, 2.24) is 4.90 Å². The summed E-state index contributed by atoms with van der Waals surface area (Å²) in [6.07, 6.45) is -12.4. The molecule has 1 heterocycles. The molecule has 1 aliphatic carbocycles. The lowest BCUT2D eigenvalue weighted by atomic mass is 9.68. The van der Waals surface area contributed by atoms with Gasteiger partial charge in [-0.05, 0) is 94.2 Å². The second-order valence-electron chi connectivity index (χ2n) is 12.4. The van der Waals surface area contributed by atoms with Crippen LogP contribution in [0.25, 0.3) is 0 Å². The van der Waals surface area contributed by atoms with E-state index in [1.54, 1.807) is 25.7 Å². The van der Waals surface area contributed by atoms with Gasteiger partial charge in [-0.3, -0.25) is 0 Å². The van der Waals surface area contributed by atoms with Gasteiger partial charge in [-0.25, -0.2) is 9.59 Å². The quantitative estimate of drug-likeness (QED) is 0.239. The van der Waals surface area contributed by atoms with Crippen molar-refractivity contribution in [1.29, 1.82) is 0 Å². The Morgan fingerprint density at radius 2 is 1.55 bits per heavy atom. The molecule has 2 aromatic carbocycles. The van der Waals surface area contributed by atoms with Gasteiger partial charge in [0, 0.05) is 19.0 Å². The number of nitrogens with zero attached hydrogens (tertiary/aromatic N) is 1. The molecule has 44 heavy (non-hydrogen) atoms. The Morgan fingerprint density at radius 1 is 0.932 bits per heavy atom. The predicted molar refractivity (Wildman–Crippen MR) is 149 cm³/mol. The first-order valence-corrected chi connectivity index (χ1v) is 14.5. The molecule has 0 bridgehead atoms. The highest BCUT2D eigenvalue weighted by molar-refractivity contribution is 5.77. The molecule has 1 amide bonds. The molecule has 242 valence electrons. The summed E-state index contributed by atoms with van der Waals surface area (Å²) in [4.78, 5) is 27.8. The summed E-state index contributed by atoms with van der Waals surface area (Å²) in [7, 11) is 0. The topological polar surface area (TPSA) is 65.1 Å². The molecule has 2 aliphatic rings. The van der Waals surface area contributed by atoms with Gasteiger partial charge in [-0.2, -0.15) is 26.3 Å². The average Bonchev–Trinajstić information content (AvgIpc) is 3.35. The van der Waals surface area contributed by atoms with E-state index >= 15 is 0 Å². The smallest absolute Gasteiger partial charge is 0.416 e. The first-order chi connectivity index (χ1) is 20.4. The summed E-state index contributed by atoms with van der Waals surface area (Å²) >= 11 is 0. The Bertz CT molecular complexity index is 1320. The Hall–Kier alpha value is -3.28. The van der Waals surface area contributed by atoms with Crippen LogP contribution < -0.4 is 0 Å². The number of amides is 1. The number of alkyl halides is 6. The van der Waals surface area contributed by atoms with E-state index in [4.69, 9.17) is 14.2 Å². The molecule has 4 rings (SSSR count). The van der Waals surface area contributed by atoms with E-state index in [1.165, 1.54) is 6.92 Å².